The van der Waals surface area contributed by atoms with Crippen LogP contribution in [0.5, 0.6) is 0 Å². The average molecular weight is 343 g/mol. The zero-order valence-electron chi connectivity index (χ0n) is 13.9. The quantitative estimate of drug-likeness (QED) is 0.818. The van der Waals surface area contributed by atoms with Gasteiger partial charge in [0.25, 0.3) is 0 Å². The summed E-state index contributed by atoms with van der Waals surface area (Å²) >= 11 is 0. The van der Waals surface area contributed by atoms with Crippen LogP contribution in [0.2, 0.25) is 0 Å². The van der Waals surface area contributed by atoms with E-state index in [0.717, 1.165) is 19.3 Å². The van der Waals surface area contributed by atoms with Crippen LogP contribution >= 0.6 is 0 Å². The molecule has 8 heteroatoms. The molecule has 2 rings (SSSR count). The number of carbonyl (C=O) groups is 1. The van der Waals surface area contributed by atoms with Crippen LogP contribution < -0.4 is 10.0 Å². The number of nitrogens with one attached hydrogen (secondary N) is 2. The Balaban J connectivity index is 1.83. The lowest BCUT2D eigenvalue weighted by Crippen LogP contribution is -2.42. The zero-order valence-corrected chi connectivity index (χ0v) is 14.7. The van der Waals surface area contributed by atoms with Crippen molar-refractivity contribution >= 4 is 15.9 Å². The van der Waals surface area contributed by atoms with Gasteiger partial charge < -0.3 is 9.84 Å². The molecule has 0 unspecified atom stereocenters. The normalized spacial score (nSPS) is 22.0. The van der Waals surface area contributed by atoms with E-state index in [4.69, 9.17) is 4.52 Å². The van der Waals surface area contributed by atoms with Crippen molar-refractivity contribution < 1.29 is 17.7 Å². The third kappa shape index (κ3) is 4.54. The Morgan fingerprint density at radius 3 is 2.61 bits per heavy atom. The Kier molecular flexibility index (Phi) is 5.80. The van der Waals surface area contributed by atoms with E-state index in [1.807, 2.05) is 0 Å². The van der Waals surface area contributed by atoms with Gasteiger partial charge in [-0.15, -0.1) is 0 Å². The molecule has 0 aromatic carbocycles. The Hall–Kier alpha value is -1.41. The second-order valence-electron chi connectivity index (χ2n) is 6.24. The summed E-state index contributed by atoms with van der Waals surface area (Å²) in [6.07, 6.45) is 4.59. The number of aromatic nitrogens is 1. The molecule has 1 aromatic rings. The number of aryl methyl sites for hydroxylation is 2. The highest BCUT2D eigenvalue weighted by Crippen LogP contribution is 2.23. The predicted molar refractivity (Wildman–Crippen MR) is 85.3 cm³/mol. The molecule has 1 aliphatic carbocycles. The van der Waals surface area contributed by atoms with Gasteiger partial charge in [0.1, 0.15) is 10.6 Å². The summed E-state index contributed by atoms with van der Waals surface area (Å²) in [6.45, 7) is 5.32. The Morgan fingerprint density at radius 1 is 1.30 bits per heavy atom. The first-order chi connectivity index (χ1) is 10.8. The lowest BCUT2D eigenvalue weighted by atomic mass is 9.86. The van der Waals surface area contributed by atoms with E-state index < -0.39 is 10.0 Å². The zero-order chi connectivity index (χ0) is 17.0. The summed E-state index contributed by atoms with van der Waals surface area (Å²) in [7, 11) is -3.70. The third-order valence-electron chi connectivity index (χ3n) is 4.34. The largest absolute Gasteiger partial charge is 0.360 e. The smallest absolute Gasteiger partial charge is 0.245 e. The molecule has 2 N–H and O–H groups in total. The topological polar surface area (TPSA) is 101 Å². The minimum absolute atomic E-state index is 0.0545. The molecule has 0 aliphatic heterocycles. The van der Waals surface area contributed by atoms with Gasteiger partial charge in [0, 0.05) is 19.0 Å². The van der Waals surface area contributed by atoms with Crippen molar-refractivity contribution in [2.45, 2.75) is 63.8 Å². The van der Waals surface area contributed by atoms with Crippen molar-refractivity contribution in [2.24, 2.45) is 5.92 Å². The van der Waals surface area contributed by atoms with Gasteiger partial charge in [-0.2, -0.15) is 0 Å². The molecule has 1 aromatic heterocycles. The molecular formula is C15H25N3O4S. The number of carbonyl (C=O) groups excluding carboxylic acids is 1. The fraction of sp³-hybridized carbons (Fsp3) is 0.733. The van der Waals surface area contributed by atoms with Crippen molar-refractivity contribution in [2.75, 3.05) is 6.54 Å². The van der Waals surface area contributed by atoms with Gasteiger partial charge in [-0.05, 0) is 32.6 Å². The maximum absolute atomic E-state index is 12.2. The van der Waals surface area contributed by atoms with Crippen molar-refractivity contribution in [3.05, 3.63) is 11.5 Å². The molecule has 1 heterocycles. The molecule has 1 saturated carbocycles. The monoisotopic (exact) mass is 343 g/mol. The van der Waals surface area contributed by atoms with Gasteiger partial charge in [-0.25, -0.2) is 13.1 Å². The van der Waals surface area contributed by atoms with E-state index in [2.05, 4.69) is 22.1 Å². The SMILES string of the molecule is Cc1noc(C)c1S(=O)(=O)NCCC(=O)N[C@@H]1CCCC[C@@H]1C. The number of amides is 1. The first-order valence-electron chi connectivity index (χ1n) is 8.03. The molecule has 2 atom stereocenters. The molecule has 1 amide bonds. The number of nitrogens with zero attached hydrogens (tertiary/aromatic N) is 1. The van der Waals surface area contributed by atoms with E-state index in [1.54, 1.807) is 13.8 Å². The maximum atomic E-state index is 12.2. The highest BCUT2D eigenvalue weighted by atomic mass is 32.2. The Labute approximate surface area is 137 Å². The Morgan fingerprint density at radius 2 is 2.00 bits per heavy atom. The fourth-order valence-corrected chi connectivity index (χ4v) is 4.40. The molecule has 0 spiro atoms. The van der Waals surface area contributed by atoms with Crippen LogP contribution in [-0.4, -0.2) is 32.1 Å². The van der Waals surface area contributed by atoms with Gasteiger partial charge in [0.05, 0.1) is 0 Å². The van der Waals surface area contributed by atoms with E-state index >= 15 is 0 Å². The molecular weight excluding hydrogens is 318 g/mol. The van der Waals surface area contributed by atoms with Crippen LogP contribution in [0.4, 0.5) is 0 Å². The molecule has 7 nitrogen and oxygen atoms in total. The van der Waals surface area contributed by atoms with Crippen LogP contribution in [0.3, 0.4) is 0 Å². The molecule has 130 valence electrons. The van der Waals surface area contributed by atoms with Gasteiger partial charge in [0.15, 0.2) is 5.76 Å². The standard InChI is InChI=1S/C15H25N3O4S/c1-10-6-4-5-7-13(10)17-14(19)8-9-16-23(20,21)15-11(2)18-22-12(15)3/h10,13,16H,4-9H2,1-3H3,(H,17,19)/t10-,13+/m0/s1. The average Bonchev–Trinajstić information content (AvgIpc) is 2.81. The number of hydrogen-bond donors (Lipinski definition) is 2. The molecule has 0 saturated heterocycles. The summed E-state index contributed by atoms with van der Waals surface area (Å²) in [6, 6.07) is 0.204. The Bertz CT molecular complexity index is 634. The molecule has 1 fully saturated rings. The van der Waals surface area contributed by atoms with Crippen molar-refractivity contribution in [1.82, 2.24) is 15.2 Å². The van der Waals surface area contributed by atoms with Crippen molar-refractivity contribution in [3.63, 3.8) is 0 Å². The number of sulfonamides is 1. The first-order valence-corrected chi connectivity index (χ1v) is 9.51. The van der Waals surface area contributed by atoms with Crippen LogP contribution in [0.1, 0.15) is 50.5 Å². The van der Waals surface area contributed by atoms with Crippen molar-refractivity contribution in [3.8, 4) is 0 Å². The van der Waals surface area contributed by atoms with Crippen LogP contribution in [0.25, 0.3) is 0 Å². The summed E-state index contributed by atoms with van der Waals surface area (Å²) in [5.74, 6) is 0.604. The van der Waals surface area contributed by atoms with Gasteiger partial charge in [-0.3, -0.25) is 4.79 Å². The third-order valence-corrected chi connectivity index (χ3v) is 6.04. The second kappa shape index (κ2) is 7.44. The summed E-state index contributed by atoms with van der Waals surface area (Å²) in [4.78, 5) is 12.0. The second-order valence-corrected chi connectivity index (χ2v) is 7.94. The van der Waals surface area contributed by atoms with E-state index in [-0.39, 0.29) is 35.6 Å². The van der Waals surface area contributed by atoms with Crippen molar-refractivity contribution in [1.29, 1.82) is 0 Å². The molecule has 0 bridgehead atoms. The lowest BCUT2D eigenvalue weighted by molar-refractivity contribution is -0.122. The predicted octanol–water partition coefficient (Wildman–Crippen LogP) is 1.65. The van der Waals surface area contributed by atoms with Crippen LogP contribution in [0.15, 0.2) is 9.42 Å². The van der Waals surface area contributed by atoms with Gasteiger partial charge in [-0.1, -0.05) is 24.9 Å². The minimum atomic E-state index is -3.70. The first kappa shape index (κ1) is 17.9. The van der Waals surface area contributed by atoms with E-state index in [9.17, 15) is 13.2 Å². The number of hydrogen-bond acceptors (Lipinski definition) is 5. The summed E-state index contributed by atoms with van der Waals surface area (Å²) < 4.78 is 31.7. The van der Waals surface area contributed by atoms with Gasteiger partial charge in [0.2, 0.25) is 15.9 Å². The van der Waals surface area contributed by atoms with Crippen LogP contribution in [0, 0.1) is 19.8 Å². The molecule has 0 radical (unpaired) electrons. The summed E-state index contributed by atoms with van der Waals surface area (Å²) in [5.41, 5.74) is 0.315. The van der Waals surface area contributed by atoms with E-state index in [1.165, 1.54) is 6.42 Å². The highest BCUT2D eigenvalue weighted by molar-refractivity contribution is 7.89. The maximum Gasteiger partial charge on any atom is 0.245 e. The fourth-order valence-electron chi connectivity index (χ4n) is 3.04. The highest BCUT2D eigenvalue weighted by Gasteiger charge is 2.25. The molecule has 1 aliphatic rings. The lowest BCUT2D eigenvalue weighted by Gasteiger charge is -2.29. The minimum Gasteiger partial charge on any atom is -0.360 e. The van der Waals surface area contributed by atoms with Crippen LogP contribution in [-0.2, 0) is 14.8 Å². The summed E-state index contributed by atoms with van der Waals surface area (Å²) in [5, 5.41) is 6.65. The van der Waals surface area contributed by atoms with Gasteiger partial charge >= 0.3 is 0 Å². The molecule has 23 heavy (non-hydrogen) atoms. The van der Waals surface area contributed by atoms with E-state index in [0.29, 0.717) is 11.6 Å². The number of rotatable bonds is 6.